The Labute approximate surface area is 207 Å². The Morgan fingerprint density at radius 2 is 1.72 bits per heavy atom. The molecule has 3 rings (SSSR count). The van der Waals surface area contributed by atoms with Gasteiger partial charge in [-0.3, -0.25) is 0 Å². The molecule has 0 aromatic heterocycles. The second-order valence-electron chi connectivity index (χ2n) is 7.87. The van der Waals surface area contributed by atoms with Gasteiger partial charge >= 0.3 is 12.5 Å². The minimum Gasteiger partial charge on any atom is -0.493 e. The number of nitrogens with one attached hydrogen (secondary N) is 1. The lowest BCUT2D eigenvalue weighted by molar-refractivity contribution is -0.274. The zero-order chi connectivity index (χ0) is 26.0. The van der Waals surface area contributed by atoms with Crippen molar-refractivity contribution in [2.75, 3.05) is 6.61 Å². The van der Waals surface area contributed by atoms with E-state index in [-0.39, 0.29) is 13.2 Å². The number of amides is 1. The number of alkyl carbamates (subject to hydrolysis) is 1. The summed E-state index contributed by atoms with van der Waals surface area (Å²) in [6.07, 6.45) is -3.57. The SMILES string of the molecule is CCCOc1ccc(-c2cccc(CC=O)c2)cc1CNC(=O)OCc1cccc(OC(F)(F)F)c1. The lowest BCUT2D eigenvalue weighted by atomic mass is 9.99. The van der Waals surface area contributed by atoms with E-state index < -0.39 is 18.2 Å². The topological polar surface area (TPSA) is 73.9 Å². The molecule has 36 heavy (non-hydrogen) atoms. The molecule has 0 aliphatic carbocycles. The molecule has 0 radical (unpaired) electrons. The van der Waals surface area contributed by atoms with Crippen molar-refractivity contribution < 1.29 is 37.0 Å². The molecule has 0 fully saturated rings. The van der Waals surface area contributed by atoms with Crippen LogP contribution in [0.3, 0.4) is 0 Å². The molecule has 0 bridgehead atoms. The monoisotopic (exact) mass is 501 g/mol. The summed E-state index contributed by atoms with van der Waals surface area (Å²) >= 11 is 0. The third-order valence-electron chi connectivity index (χ3n) is 5.03. The van der Waals surface area contributed by atoms with Gasteiger partial charge < -0.3 is 24.3 Å². The lowest BCUT2D eigenvalue weighted by Crippen LogP contribution is -2.24. The number of benzene rings is 3. The van der Waals surface area contributed by atoms with Gasteiger partial charge in [0.2, 0.25) is 0 Å². The summed E-state index contributed by atoms with van der Waals surface area (Å²) in [5.41, 5.74) is 3.76. The van der Waals surface area contributed by atoms with E-state index in [4.69, 9.17) is 9.47 Å². The zero-order valence-corrected chi connectivity index (χ0v) is 19.6. The highest BCUT2D eigenvalue weighted by Crippen LogP contribution is 2.28. The van der Waals surface area contributed by atoms with E-state index >= 15 is 0 Å². The summed E-state index contributed by atoms with van der Waals surface area (Å²) in [6.45, 7) is 2.36. The molecule has 0 aliphatic rings. The molecule has 1 N–H and O–H groups in total. The minimum atomic E-state index is -4.81. The molecule has 190 valence electrons. The third kappa shape index (κ3) is 8.33. The van der Waals surface area contributed by atoms with Crippen molar-refractivity contribution in [3.05, 3.63) is 83.4 Å². The van der Waals surface area contributed by atoms with Gasteiger partial charge in [0.1, 0.15) is 24.4 Å². The first-order valence-electron chi connectivity index (χ1n) is 11.3. The van der Waals surface area contributed by atoms with Gasteiger partial charge in [-0.15, -0.1) is 13.2 Å². The molecule has 9 heteroatoms. The van der Waals surface area contributed by atoms with Gasteiger partial charge in [0.25, 0.3) is 0 Å². The molecule has 1 amide bonds. The highest BCUT2D eigenvalue weighted by Gasteiger charge is 2.31. The largest absolute Gasteiger partial charge is 0.573 e. The molecule has 0 heterocycles. The summed E-state index contributed by atoms with van der Waals surface area (Å²) in [5, 5.41) is 2.65. The second-order valence-corrected chi connectivity index (χ2v) is 7.87. The molecule has 0 atom stereocenters. The van der Waals surface area contributed by atoms with Crippen molar-refractivity contribution in [2.24, 2.45) is 0 Å². The van der Waals surface area contributed by atoms with Crippen molar-refractivity contribution >= 4 is 12.4 Å². The fourth-order valence-electron chi connectivity index (χ4n) is 3.42. The fraction of sp³-hybridized carbons (Fsp3) is 0.259. The van der Waals surface area contributed by atoms with Crippen LogP contribution in [0.2, 0.25) is 0 Å². The first-order chi connectivity index (χ1) is 17.3. The number of alkyl halides is 3. The maximum atomic E-state index is 12.4. The third-order valence-corrected chi connectivity index (χ3v) is 5.03. The number of aldehydes is 1. The molecule has 0 saturated carbocycles. The Hall–Kier alpha value is -4.01. The first-order valence-corrected chi connectivity index (χ1v) is 11.3. The van der Waals surface area contributed by atoms with Crippen molar-refractivity contribution in [1.82, 2.24) is 5.32 Å². The van der Waals surface area contributed by atoms with E-state index in [0.717, 1.165) is 47.1 Å². The Balaban J connectivity index is 1.67. The van der Waals surface area contributed by atoms with Crippen LogP contribution < -0.4 is 14.8 Å². The van der Waals surface area contributed by atoms with Crippen LogP contribution >= 0.6 is 0 Å². The zero-order valence-electron chi connectivity index (χ0n) is 19.6. The molecule has 0 unspecified atom stereocenters. The van der Waals surface area contributed by atoms with Crippen molar-refractivity contribution in [1.29, 1.82) is 0 Å². The van der Waals surface area contributed by atoms with Crippen LogP contribution in [0.4, 0.5) is 18.0 Å². The van der Waals surface area contributed by atoms with Crippen molar-refractivity contribution in [3.8, 4) is 22.6 Å². The standard InChI is InChI=1S/C27H26F3NO5/c1-2-13-34-25-10-9-22(21-7-3-5-19(14-21)11-12-32)16-23(25)17-31-26(33)35-18-20-6-4-8-24(15-20)36-27(28,29)30/h3-10,12,14-16H,2,11,13,17-18H2,1H3,(H,31,33). The predicted octanol–water partition coefficient (Wildman–Crippen LogP) is 6.21. The van der Waals surface area contributed by atoms with Crippen LogP contribution in [0.15, 0.2) is 66.7 Å². The maximum Gasteiger partial charge on any atom is 0.573 e. The number of hydrogen-bond acceptors (Lipinski definition) is 5. The van der Waals surface area contributed by atoms with E-state index in [1.54, 1.807) is 0 Å². The highest BCUT2D eigenvalue weighted by molar-refractivity contribution is 5.69. The van der Waals surface area contributed by atoms with Gasteiger partial charge in [-0.1, -0.05) is 49.4 Å². The quantitative estimate of drug-likeness (QED) is 0.316. The van der Waals surface area contributed by atoms with Crippen LogP contribution in [0.25, 0.3) is 11.1 Å². The van der Waals surface area contributed by atoms with E-state index in [0.29, 0.717) is 24.3 Å². The van der Waals surface area contributed by atoms with Crippen LogP contribution in [0, 0.1) is 0 Å². The highest BCUT2D eigenvalue weighted by atomic mass is 19.4. The van der Waals surface area contributed by atoms with Gasteiger partial charge in [-0.05, 0) is 52.9 Å². The van der Waals surface area contributed by atoms with Gasteiger partial charge in [0, 0.05) is 18.5 Å². The average Bonchev–Trinajstić information content (AvgIpc) is 2.85. The number of ether oxygens (including phenoxy) is 3. The predicted molar refractivity (Wildman–Crippen MR) is 128 cm³/mol. The number of rotatable bonds is 11. The number of halogens is 3. The van der Waals surface area contributed by atoms with Gasteiger partial charge in [-0.25, -0.2) is 4.79 Å². The van der Waals surface area contributed by atoms with Crippen LogP contribution in [0.5, 0.6) is 11.5 Å². The molecule has 3 aromatic rings. The van der Waals surface area contributed by atoms with E-state index in [1.165, 1.54) is 12.1 Å². The Morgan fingerprint density at radius 3 is 2.47 bits per heavy atom. The summed E-state index contributed by atoms with van der Waals surface area (Å²) in [6, 6.07) is 18.4. The summed E-state index contributed by atoms with van der Waals surface area (Å²) in [7, 11) is 0. The van der Waals surface area contributed by atoms with Crippen LogP contribution in [0.1, 0.15) is 30.0 Å². The molecular weight excluding hydrogens is 475 g/mol. The molecule has 0 saturated heterocycles. The van der Waals surface area contributed by atoms with E-state index in [2.05, 4.69) is 10.1 Å². The Bertz CT molecular complexity index is 1180. The summed E-state index contributed by atoms with van der Waals surface area (Å²) in [4.78, 5) is 23.1. The van der Waals surface area contributed by atoms with Gasteiger partial charge in [0.15, 0.2) is 0 Å². The van der Waals surface area contributed by atoms with Crippen molar-refractivity contribution in [2.45, 2.75) is 39.3 Å². The lowest BCUT2D eigenvalue weighted by Gasteiger charge is -2.14. The second kappa shape index (κ2) is 12.6. The fourth-order valence-corrected chi connectivity index (χ4v) is 3.42. The molecule has 6 nitrogen and oxygen atoms in total. The molecule has 0 aliphatic heterocycles. The van der Waals surface area contributed by atoms with Gasteiger partial charge in [-0.2, -0.15) is 0 Å². The Kier molecular flexibility index (Phi) is 9.32. The van der Waals surface area contributed by atoms with Crippen LogP contribution in [-0.4, -0.2) is 25.3 Å². The molecule has 3 aromatic carbocycles. The maximum absolute atomic E-state index is 12.4. The van der Waals surface area contributed by atoms with E-state index in [9.17, 15) is 22.8 Å². The number of carbonyl (C=O) groups excluding carboxylic acids is 2. The molecular formula is C27H26F3NO5. The van der Waals surface area contributed by atoms with Crippen molar-refractivity contribution in [3.63, 3.8) is 0 Å². The summed E-state index contributed by atoms with van der Waals surface area (Å²) in [5.74, 6) is 0.220. The average molecular weight is 502 g/mol. The minimum absolute atomic E-state index is 0.108. The smallest absolute Gasteiger partial charge is 0.493 e. The first kappa shape index (κ1) is 26.6. The summed E-state index contributed by atoms with van der Waals surface area (Å²) < 4.78 is 52.1. The van der Waals surface area contributed by atoms with E-state index in [1.807, 2.05) is 49.4 Å². The van der Waals surface area contributed by atoms with Gasteiger partial charge in [0.05, 0.1) is 6.61 Å². The molecule has 0 spiro atoms. The number of hydrogen-bond donors (Lipinski definition) is 1. The Morgan fingerprint density at radius 1 is 0.972 bits per heavy atom. The van der Waals surface area contributed by atoms with Crippen LogP contribution in [-0.2, 0) is 29.1 Å². The number of carbonyl (C=O) groups is 2. The normalized spacial score (nSPS) is 11.0.